The van der Waals surface area contributed by atoms with E-state index < -0.39 is 5.91 Å². The number of rotatable bonds is 6. The maximum absolute atomic E-state index is 13.3. The molecular weight excluding hydrogens is 267 g/mol. The summed E-state index contributed by atoms with van der Waals surface area (Å²) in [6.45, 7) is 2.64. The van der Waals surface area contributed by atoms with E-state index in [1.807, 2.05) is 19.1 Å². The molecule has 0 spiro atoms. The number of carbonyl (C=O) groups excluding carboxylic acids is 1. The number of amides is 1. The molecule has 110 valence electrons. The molecule has 0 heterocycles. The first-order valence-corrected chi connectivity index (χ1v) is 6.97. The second-order valence-corrected chi connectivity index (χ2v) is 4.96. The molecule has 1 amide bonds. The molecule has 0 saturated heterocycles. The smallest absolute Gasteiger partial charge is 0.248 e. The van der Waals surface area contributed by atoms with Gasteiger partial charge in [-0.2, -0.15) is 0 Å². The van der Waals surface area contributed by atoms with Gasteiger partial charge in [-0.05, 0) is 41.8 Å². The number of halogens is 1. The number of carbonyl (C=O) groups is 1. The van der Waals surface area contributed by atoms with Crippen LogP contribution in [0.4, 0.5) is 4.39 Å². The maximum Gasteiger partial charge on any atom is 0.248 e. The Morgan fingerprint density at radius 3 is 2.67 bits per heavy atom. The van der Waals surface area contributed by atoms with Gasteiger partial charge in [-0.25, -0.2) is 4.39 Å². The number of primary amides is 1. The summed E-state index contributed by atoms with van der Waals surface area (Å²) in [4.78, 5) is 11.2. The van der Waals surface area contributed by atoms with Crippen LogP contribution in [0.15, 0.2) is 48.5 Å². The third kappa shape index (κ3) is 4.13. The Labute approximate surface area is 124 Å². The minimum atomic E-state index is -0.436. The topological polar surface area (TPSA) is 55.1 Å². The lowest BCUT2D eigenvalue weighted by atomic mass is 10.0. The number of benzene rings is 2. The van der Waals surface area contributed by atoms with Gasteiger partial charge >= 0.3 is 0 Å². The van der Waals surface area contributed by atoms with E-state index in [0.29, 0.717) is 12.1 Å². The fourth-order valence-corrected chi connectivity index (χ4v) is 2.30. The van der Waals surface area contributed by atoms with E-state index in [9.17, 15) is 9.18 Å². The molecule has 0 aliphatic carbocycles. The highest BCUT2D eigenvalue weighted by molar-refractivity contribution is 5.92. The zero-order valence-electron chi connectivity index (χ0n) is 12.0. The summed E-state index contributed by atoms with van der Waals surface area (Å²) in [5.41, 5.74) is 7.66. The van der Waals surface area contributed by atoms with Gasteiger partial charge in [0.25, 0.3) is 0 Å². The van der Waals surface area contributed by atoms with Crippen molar-refractivity contribution in [3.63, 3.8) is 0 Å². The van der Waals surface area contributed by atoms with Crippen LogP contribution in [0.3, 0.4) is 0 Å². The van der Waals surface area contributed by atoms with Gasteiger partial charge in [-0.1, -0.05) is 31.2 Å². The molecule has 0 radical (unpaired) electrons. The standard InChI is InChI=1S/C17H19FN2O/c1-2-16(13-6-4-8-15(18)10-13)20-11-12-5-3-7-14(9-12)17(19)21/h3-10,16,20H,2,11H2,1H3,(H2,19,21). The minimum absolute atomic E-state index is 0.0675. The fourth-order valence-electron chi connectivity index (χ4n) is 2.30. The van der Waals surface area contributed by atoms with Gasteiger partial charge in [0.15, 0.2) is 0 Å². The summed E-state index contributed by atoms with van der Waals surface area (Å²) in [5.74, 6) is -0.669. The summed E-state index contributed by atoms with van der Waals surface area (Å²) in [6.07, 6.45) is 0.846. The van der Waals surface area contributed by atoms with Crippen molar-refractivity contribution in [1.29, 1.82) is 0 Å². The van der Waals surface area contributed by atoms with Crippen LogP contribution in [-0.4, -0.2) is 5.91 Å². The molecule has 1 atom stereocenters. The number of nitrogens with two attached hydrogens (primary N) is 1. The molecule has 4 heteroatoms. The number of nitrogens with one attached hydrogen (secondary N) is 1. The van der Waals surface area contributed by atoms with Gasteiger partial charge in [-0.3, -0.25) is 4.79 Å². The van der Waals surface area contributed by atoms with E-state index in [-0.39, 0.29) is 11.9 Å². The molecule has 2 aromatic carbocycles. The Hall–Kier alpha value is -2.20. The molecular formula is C17H19FN2O. The highest BCUT2D eigenvalue weighted by Crippen LogP contribution is 2.18. The van der Waals surface area contributed by atoms with Crippen LogP contribution in [-0.2, 0) is 6.54 Å². The average Bonchev–Trinajstić information content (AvgIpc) is 2.48. The first-order chi connectivity index (χ1) is 10.1. The van der Waals surface area contributed by atoms with Crippen molar-refractivity contribution in [1.82, 2.24) is 5.32 Å². The van der Waals surface area contributed by atoms with Crippen LogP contribution in [0, 0.1) is 5.82 Å². The second kappa shape index (κ2) is 6.99. The van der Waals surface area contributed by atoms with Crippen molar-refractivity contribution in [3.8, 4) is 0 Å². The van der Waals surface area contributed by atoms with Gasteiger partial charge in [0.2, 0.25) is 5.91 Å². The molecule has 1 unspecified atom stereocenters. The molecule has 0 aliphatic heterocycles. The molecule has 2 rings (SSSR count). The minimum Gasteiger partial charge on any atom is -0.366 e. The number of hydrogen-bond acceptors (Lipinski definition) is 2. The van der Waals surface area contributed by atoms with Gasteiger partial charge < -0.3 is 11.1 Å². The third-order valence-corrected chi connectivity index (χ3v) is 3.42. The van der Waals surface area contributed by atoms with Crippen LogP contribution >= 0.6 is 0 Å². The lowest BCUT2D eigenvalue weighted by Gasteiger charge is -2.17. The van der Waals surface area contributed by atoms with Crippen molar-refractivity contribution >= 4 is 5.91 Å². The fraction of sp³-hybridized carbons (Fsp3) is 0.235. The zero-order valence-corrected chi connectivity index (χ0v) is 12.0. The average molecular weight is 286 g/mol. The molecule has 21 heavy (non-hydrogen) atoms. The quantitative estimate of drug-likeness (QED) is 0.857. The molecule has 0 saturated carbocycles. The largest absolute Gasteiger partial charge is 0.366 e. The van der Waals surface area contributed by atoms with Gasteiger partial charge in [0, 0.05) is 18.2 Å². The third-order valence-electron chi connectivity index (χ3n) is 3.42. The van der Waals surface area contributed by atoms with Crippen LogP contribution in [0.2, 0.25) is 0 Å². The second-order valence-electron chi connectivity index (χ2n) is 4.96. The lowest BCUT2D eigenvalue weighted by molar-refractivity contribution is 0.1000. The van der Waals surface area contributed by atoms with Gasteiger partial charge in [0.1, 0.15) is 5.82 Å². The molecule has 0 aromatic heterocycles. The van der Waals surface area contributed by atoms with Gasteiger partial charge in [-0.15, -0.1) is 0 Å². The van der Waals surface area contributed by atoms with Crippen molar-refractivity contribution in [3.05, 3.63) is 71.0 Å². The molecule has 3 nitrogen and oxygen atoms in total. The van der Waals surface area contributed by atoms with E-state index in [0.717, 1.165) is 17.5 Å². The SMILES string of the molecule is CCC(NCc1cccc(C(N)=O)c1)c1cccc(F)c1. The monoisotopic (exact) mass is 286 g/mol. The Morgan fingerprint density at radius 1 is 1.24 bits per heavy atom. The summed E-state index contributed by atoms with van der Waals surface area (Å²) < 4.78 is 13.3. The molecule has 0 fully saturated rings. The molecule has 0 bridgehead atoms. The van der Waals surface area contributed by atoms with Crippen molar-refractivity contribution in [2.45, 2.75) is 25.9 Å². The van der Waals surface area contributed by atoms with Crippen LogP contribution < -0.4 is 11.1 Å². The van der Waals surface area contributed by atoms with E-state index >= 15 is 0 Å². The number of hydrogen-bond donors (Lipinski definition) is 2. The zero-order chi connectivity index (χ0) is 15.2. The van der Waals surface area contributed by atoms with Crippen LogP contribution in [0.25, 0.3) is 0 Å². The highest BCUT2D eigenvalue weighted by atomic mass is 19.1. The van der Waals surface area contributed by atoms with Crippen molar-refractivity contribution < 1.29 is 9.18 Å². The van der Waals surface area contributed by atoms with E-state index in [2.05, 4.69) is 5.32 Å². The van der Waals surface area contributed by atoms with Crippen LogP contribution in [0.1, 0.15) is 40.9 Å². The summed E-state index contributed by atoms with van der Waals surface area (Å²) in [5, 5.41) is 3.38. The first kappa shape index (κ1) is 15.2. The van der Waals surface area contributed by atoms with Crippen LogP contribution in [0.5, 0.6) is 0 Å². The summed E-state index contributed by atoms with van der Waals surface area (Å²) >= 11 is 0. The first-order valence-electron chi connectivity index (χ1n) is 6.97. The summed E-state index contributed by atoms with van der Waals surface area (Å²) in [6, 6.07) is 13.9. The Morgan fingerprint density at radius 2 is 2.00 bits per heavy atom. The molecule has 0 aliphatic rings. The predicted octanol–water partition coefficient (Wildman–Crippen LogP) is 3.17. The normalized spacial score (nSPS) is 12.1. The molecule has 2 aromatic rings. The predicted molar refractivity (Wildman–Crippen MR) is 81.2 cm³/mol. The Balaban J connectivity index is 2.06. The van der Waals surface area contributed by atoms with Crippen molar-refractivity contribution in [2.75, 3.05) is 0 Å². The highest BCUT2D eigenvalue weighted by Gasteiger charge is 2.10. The van der Waals surface area contributed by atoms with E-state index in [1.165, 1.54) is 6.07 Å². The van der Waals surface area contributed by atoms with Gasteiger partial charge in [0.05, 0.1) is 0 Å². The molecule has 3 N–H and O–H groups in total. The Bertz CT molecular complexity index is 628. The van der Waals surface area contributed by atoms with E-state index in [1.54, 1.807) is 30.3 Å². The summed E-state index contributed by atoms with van der Waals surface area (Å²) in [7, 11) is 0. The maximum atomic E-state index is 13.3. The van der Waals surface area contributed by atoms with E-state index in [4.69, 9.17) is 5.73 Å². The van der Waals surface area contributed by atoms with Crippen molar-refractivity contribution in [2.24, 2.45) is 5.73 Å². The Kier molecular flexibility index (Phi) is 5.06. The lowest BCUT2D eigenvalue weighted by Crippen LogP contribution is -2.21.